The molecule has 5 nitrogen and oxygen atoms in total. The lowest BCUT2D eigenvalue weighted by atomic mass is 10.1. The van der Waals surface area contributed by atoms with Crippen LogP contribution in [0, 0.1) is 0 Å². The molecule has 1 amide bonds. The summed E-state index contributed by atoms with van der Waals surface area (Å²) in [4.78, 5) is 11.8. The van der Waals surface area contributed by atoms with Crippen LogP contribution in [0.3, 0.4) is 0 Å². The molecule has 0 saturated heterocycles. The predicted molar refractivity (Wildman–Crippen MR) is 76.3 cm³/mol. The summed E-state index contributed by atoms with van der Waals surface area (Å²) in [5.41, 5.74) is 1.60. The van der Waals surface area contributed by atoms with Gasteiger partial charge < -0.3 is 5.32 Å². The molecule has 1 aliphatic heterocycles. The molecule has 2 heterocycles. The zero-order valence-corrected chi connectivity index (χ0v) is 12.8. The van der Waals surface area contributed by atoms with Crippen molar-refractivity contribution in [2.45, 2.75) is 57.6 Å². The zero-order chi connectivity index (χ0) is 14.2. The van der Waals surface area contributed by atoms with E-state index in [0.29, 0.717) is 17.9 Å². The van der Waals surface area contributed by atoms with Crippen molar-refractivity contribution in [3.8, 4) is 0 Å². The molecule has 1 N–H and O–H groups in total. The summed E-state index contributed by atoms with van der Waals surface area (Å²) >= 11 is 0. The van der Waals surface area contributed by atoms with E-state index in [1.165, 1.54) is 0 Å². The summed E-state index contributed by atoms with van der Waals surface area (Å²) in [5.74, 6) is 1.71. The van der Waals surface area contributed by atoms with Gasteiger partial charge >= 0.3 is 0 Å². The lowest BCUT2D eigenvalue weighted by Gasteiger charge is -2.23. The van der Waals surface area contributed by atoms with Crippen LogP contribution in [0.1, 0.15) is 51.8 Å². The topological polar surface area (TPSA) is 64.0 Å². The van der Waals surface area contributed by atoms with Crippen LogP contribution in [0.4, 0.5) is 5.82 Å². The summed E-state index contributed by atoms with van der Waals surface area (Å²) in [6.45, 7) is 8.10. The Kier molecular flexibility index (Phi) is 3.80. The van der Waals surface area contributed by atoms with Crippen LogP contribution in [0.2, 0.25) is 0 Å². The van der Waals surface area contributed by atoms with Crippen LogP contribution in [0.5, 0.6) is 0 Å². The average Bonchev–Trinajstić information content (AvgIpc) is 2.76. The predicted octanol–water partition coefficient (Wildman–Crippen LogP) is 2.14. The molecule has 0 radical (unpaired) electrons. The van der Waals surface area contributed by atoms with Crippen LogP contribution in [0.15, 0.2) is 0 Å². The zero-order valence-electron chi connectivity index (χ0n) is 11.9. The van der Waals surface area contributed by atoms with Gasteiger partial charge in [0.1, 0.15) is 5.82 Å². The molecule has 0 saturated carbocycles. The Bertz CT molecular complexity index is 529. The van der Waals surface area contributed by atoms with Gasteiger partial charge in [-0.25, -0.2) is 4.68 Å². The van der Waals surface area contributed by atoms with E-state index in [1.807, 2.05) is 32.4 Å². The van der Waals surface area contributed by atoms with E-state index in [4.69, 9.17) is 0 Å². The quantitative estimate of drug-likeness (QED) is 0.924. The number of hydrogen-bond donors (Lipinski definition) is 1. The average molecular weight is 283 g/mol. The fourth-order valence-electron chi connectivity index (χ4n) is 2.16. The third-order valence-corrected chi connectivity index (χ3v) is 4.25. The molecule has 1 aliphatic rings. The summed E-state index contributed by atoms with van der Waals surface area (Å²) in [6.07, 6.45) is 1.30. The highest BCUT2D eigenvalue weighted by Gasteiger charge is 2.31. The van der Waals surface area contributed by atoms with Crippen molar-refractivity contribution in [3.63, 3.8) is 0 Å². The second-order valence-electron chi connectivity index (χ2n) is 5.88. The van der Waals surface area contributed by atoms with Crippen LogP contribution in [0.25, 0.3) is 0 Å². The molecule has 0 aromatic carbocycles. The largest absolute Gasteiger partial charge is 0.311 e. The molecule has 0 spiro atoms. The van der Waals surface area contributed by atoms with Gasteiger partial charge in [0.15, 0.2) is 0 Å². The van der Waals surface area contributed by atoms with Gasteiger partial charge in [-0.15, -0.1) is 0 Å². The van der Waals surface area contributed by atoms with Gasteiger partial charge in [0.05, 0.1) is 22.7 Å². The first kappa shape index (κ1) is 14.2. The SMILES string of the molecule is CCCC(=O)Nc1c2c(nn1C(C)(C)C)CS(=O)C2. The molecule has 1 aromatic rings. The first-order chi connectivity index (χ1) is 8.82. The maximum absolute atomic E-state index is 11.8. The van der Waals surface area contributed by atoms with Crippen molar-refractivity contribution in [3.05, 3.63) is 11.3 Å². The van der Waals surface area contributed by atoms with Crippen molar-refractivity contribution < 1.29 is 9.00 Å². The highest BCUT2D eigenvalue weighted by molar-refractivity contribution is 7.83. The van der Waals surface area contributed by atoms with E-state index < -0.39 is 10.8 Å². The van der Waals surface area contributed by atoms with E-state index in [9.17, 15) is 9.00 Å². The van der Waals surface area contributed by atoms with Crippen LogP contribution < -0.4 is 5.32 Å². The van der Waals surface area contributed by atoms with Crippen molar-refractivity contribution in [1.82, 2.24) is 9.78 Å². The Balaban J connectivity index is 2.39. The van der Waals surface area contributed by atoms with Gasteiger partial charge in [0.2, 0.25) is 5.91 Å². The number of rotatable bonds is 3. The Morgan fingerprint density at radius 2 is 2.11 bits per heavy atom. The number of amides is 1. The molecule has 1 aromatic heterocycles. The summed E-state index contributed by atoms with van der Waals surface area (Å²) in [6, 6.07) is 0. The van der Waals surface area contributed by atoms with E-state index in [0.717, 1.165) is 23.5 Å². The second-order valence-corrected chi connectivity index (χ2v) is 7.34. The van der Waals surface area contributed by atoms with Crippen molar-refractivity contribution in [2.75, 3.05) is 5.32 Å². The lowest BCUT2D eigenvalue weighted by Crippen LogP contribution is -2.27. The number of fused-ring (bicyclic) bond motifs is 1. The molecular weight excluding hydrogens is 262 g/mol. The number of carbonyl (C=O) groups excluding carboxylic acids is 1. The Hall–Kier alpha value is -1.17. The fourth-order valence-corrected chi connectivity index (χ4v) is 3.43. The standard InChI is InChI=1S/C13H21N3O2S/c1-5-6-11(17)14-12-9-7-19(18)8-10(9)15-16(12)13(2,3)4/h5-8H2,1-4H3,(H,14,17). The van der Waals surface area contributed by atoms with Crippen molar-refractivity contribution in [1.29, 1.82) is 0 Å². The van der Waals surface area contributed by atoms with Gasteiger partial charge in [-0.05, 0) is 27.2 Å². The molecule has 106 valence electrons. The van der Waals surface area contributed by atoms with Crippen LogP contribution >= 0.6 is 0 Å². The van der Waals surface area contributed by atoms with Gasteiger partial charge in [-0.1, -0.05) is 6.92 Å². The van der Waals surface area contributed by atoms with Crippen LogP contribution in [-0.4, -0.2) is 19.9 Å². The number of nitrogens with one attached hydrogen (secondary N) is 1. The summed E-state index contributed by atoms with van der Waals surface area (Å²) in [7, 11) is -0.879. The van der Waals surface area contributed by atoms with E-state index >= 15 is 0 Å². The van der Waals surface area contributed by atoms with Gasteiger partial charge in [0.25, 0.3) is 0 Å². The number of hydrogen-bond acceptors (Lipinski definition) is 3. The Morgan fingerprint density at radius 3 is 2.68 bits per heavy atom. The number of anilines is 1. The van der Waals surface area contributed by atoms with Crippen molar-refractivity contribution in [2.24, 2.45) is 0 Å². The summed E-state index contributed by atoms with van der Waals surface area (Å²) in [5, 5.41) is 7.48. The normalized spacial score (nSPS) is 18.4. The Morgan fingerprint density at radius 1 is 1.42 bits per heavy atom. The van der Waals surface area contributed by atoms with E-state index in [1.54, 1.807) is 0 Å². The minimum Gasteiger partial charge on any atom is -0.311 e. The molecule has 0 bridgehead atoms. The maximum atomic E-state index is 11.8. The third kappa shape index (κ3) is 2.88. The molecule has 6 heteroatoms. The highest BCUT2D eigenvalue weighted by atomic mass is 32.2. The Labute approximate surface area is 116 Å². The molecule has 0 aliphatic carbocycles. The molecule has 1 unspecified atom stereocenters. The van der Waals surface area contributed by atoms with Gasteiger partial charge in [-0.3, -0.25) is 9.00 Å². The van der Waals surface area contributed by atoms with E-state index in [2.05, 4.69) is 10.4 Å². The van der Waals surface area contributed by atoms with Gasteiger partial charge in [0, 0.05) is 22.8 Å². The van der Waals surface area contributed by atoms with Crippen LogP contribution in [-0.2, 0) is 32.6 Å². The minimum atomic E-state index is -0.879. The number of aromatic nitrogens is 2. The molecule has 2 rings (SSSR count). The maximum Gasteiger partial charge on any atom is 0.225 e. The number of carbonyl (C=O) groups is 1. The molecule has 1 atom stereocenters. The first-order valence-electron chi connectivity index (χ1n) is 6.59. The second kappa shape index (κ2) is 5.07. The molecule has 0 fully saturated rings. The highest BCUT2D eigenvalue weighted by Crippen LogP contribution is 2.32. The lowest BCUT2D eigenvalue weighted by molar-refractivity contribution is -0.116. The fraction of sp³-hybridized carbons (Fsp3) is 0.692. The minimum absolute atomic E-state index is 0.00613. The first-order valence-corrected chi connectivity index (χ1v) is 8.07. The van der Waals surface area contributed by atoms with Crippen molar-refractivity contribution >= 4 is 22.5 Å². The molecular formula is C13H21N3O2S. The third-order valence-electron chi connectivity index (χ3n) is 3.04. The van der Waals surface area contributed by atoms with Gasteiger partial charge in [-0.2, -0.15) is 5.10 Å². The monoisotopic (exact) mass is 283 g/mol. The molecule has 19 heavy (non-hydrogen) atoms. The smallest absolute Gasteiger partial charge is 0.225 e. The summed E-state index contributed by atoms with van der Waals surface area (Å²) < 4.78 is 13.5. The van der Waals surface area contributed by atoms with E-state index in [-0.39, 0.29) is 11.4 Å². The number of nitrogens with zero attached hydrogens (tertiary/aromatic N) is 2.